The molecule has 8 heteroatoms. The van der Waals surface area contributed by atoms with Crippen LogP contribution in [0.2, 0.25) is 0 Å². The monoisotopic (exact) mass is 418 g/mol. The van der Waals surface area contributed by atoms with Gasteiger partial charge in [-0.25, -0.2) is 9.59 Å². The van der Waals surface area contributed by atoms with E-state index in [4.69, 9.17) is 4.74 Å². The molecule has 0 radical (unpaired) electrons. The number of hydrogen-bond donors (Lipinski definition) is 1. The van der Waals surface area contributed by atoms with E-state index in [-0.39, 0.29) is 5.97 Å². The second-order valence-electron chi connectivity index (χ2n) is 7.15. The highest BCUT2D eigenvalue weighted by Gasteiger charge is 2.22. The summed E-state index contributed by atoms with van der Waals surface area (Å²) in [4.78, 5) is 40.2. The molecule has 1 N–H and O–H groups in total. The highest BCUT2D eigenvalue weighted by Crippen LogP contribution is 2.28. The summed E-state index contributed by atoms with van der Waals surface area (Å²) in [6.45, 7) is 5.70. The molecule has 0 bridgehead atoms. The zero-order valence-corrected chi connectivity index (χ0v) is 17.5. The van der Waals surface area contributed by atoms with Crippen LogP contribution in [-0.4, -0.2) is 33.0 Å². The summed E-state index contributed by atoms with van der Waals surface area (Å²) in [6.07, 6.45) is 1.48. The van der Waals surface area contributed by atoms with E-state index >= 15 is 0 Å². The van der Waals surface area contributed by atoms with E-state index < -0.39 is 17.3 Å². The van der Waals surface area contributed by atoms with E-state index in [0.29, 0.717) is 23.1 Å². The number of esters is 1. The Hall–Kier alpha value is -3.94. The van der Waals surface area contributed by atoms with Crippen molar-refractivity contribution in [1.29, 1.82) is 0 Å². The fraction of sp³-hybridized carbons (Fsp3) is 0.217. The van der Waals surface area contributed by atoms with Crippen molar-refractivity contribution in [1.82, 2.24) is 14.2 Å². The summed E-state index contributed by atoms with van der Waals surface area (Å²) < 4.78 is 7.87. The number of nitrogens with one attached hydrogen (secondary N) is 1. The van der Waals surface area contributed by atoms with Crippen molar-refractivity contribution in [3.63, 3.8) is 0 Å². The summed E-state index contributed by atoms with van der Waals surface area (Å²) >= 11 is 0. The maximum Gasteiger partial charge on any atom is 0.349 e. The molecule has 0 amide bonds. The number of hydrogen-bond acceptors (Lipinski definition) is 5. The van der Waals surface area contributed by atoms with Crippen LogP contribution in [0.5, 0.6) is 0 Å². The normalized spacial score (nSPS) is 12.6. The lowest BCUT2D eigenvalue weighted by atomic mass is 10.1. The van der Waals surface area contributed by atoms with Crippen LogP contribution in [0.1, 0.15) is 31.1 Å². The van der Waals surface area contributed by atoms with Crippen molar-refractivity contribution in [3.05, 3.63) is 80.6 Å². The molecule has 0 aliphatic carbocycles. The van der Waals surface area contributed by atoms with Crippen LogP contribution in [0.15, 0.2) is 63.2 Å². The van der Waals surface area contributed by atoms with E-state index in [1.54, 1.807) is 38.1 Å². The molecule has 2 heterocycles. The van der Waals surface area contributed by atoms with E-state index in [1.807, 2.05) is 35.8 Å². The van der Waals surface area contributed by atoms with Gasteiger partial charge in [0.15, 0.2) is 0 Å². The molecule has 0 spiro atoms. The van der Waals surface area contributed by atoms with Gasteiger partial charge in [-0.05, 0) is 39.0 Å². The number of aromatic nitrogens is 3. The Morgan fingerprint density at radius 1 is 1.13 bits per heavy atom. The van der Waals surface area contributed by atoms with Crippen molar-refractivity contribution in [2.45, 2.75) is 26.8 Å². The molecule has 0 saturated carbocycles. The zero-order valence-electron chi connectivity index (χ0n) is 17.5. The smallest absolute Gasteiger partial charge is 0.349 e. The van der Waals surface area contributed by atoms with Gasteiger partial charge >= 0.3 is 11.7 Å². The molecule has 1 atom stereocenters. The number of fused-ring (bicyclic) bond motifs is 2. The minimum Gasteiger partial charge on any atom is -0.464 e. The number of para-hydroxylation sites is 2. The highest BCUT2D eigenvalue weighted by molar-refractivity contribution is 6.01. The van der Waals surface area contributed by atoms with Crippen LogP contribution >= 0.6 is 0 Å². The van der Waals surface area contributed by atoms with E-state index in [0.717, 1.165) is 21.3 Å². The van der Waals surface area contributed by atoms with Gasteiger partial charge in [-0.1, -0.05) is 30.3 Å². The van der Waals surface area contributed by atoms with Crippen LogP contribution in [0.25, 0.3) is 21.8 Å². The number of benzene rings is 2. The van der Waals surface area contributed by atoms with Crippen LogP contribution in [0.4, 0.5) is 0 Å². The number of carbonyl (C=O) groups is 1. The lowest BCUT2D eigenvalue weighted by Gasteiger charge is -2.16. The van der Waals surface area contributed by atoms with Crippen molar-refractivity contribution < 1.29 is 9.53 Å². The summed E-state index contributed by atoms with van der Waals surface area (Å²) in [7, 11) is 0. The van der Waals surface area contributed by atoms with Crippen LogP contribution in [0, 0.1) is 6.92 Å². The fourth-order valence-electron chi connectivity index (χ4n) is 3.82. The van der Waals surface area contributed by atoms with Gasteiger partial charge in [-0.2, -0.15) is 5.10 Å². The van der Waals surface area contributed by atoms with Gasteiger partial charge in [0.25, 0.3) is 5.56 Å². The van der Waals surface area contributed by atoms with Gasteiger partial charge in [-0.15, -0.1) is 4.68 Å². The molecular formula is C23H22N4O4. The molecule has 4 aromatic rings. The van der Waals surface area contributed by atoms with Gasteiger partial charge in [-0.3, -0.25) is 4.79 Å². The Balaban J connectivity index is 1.87. The average molecular weight is 418 g/mol. The predicted octanol–water partition coefficient (Wildman–Crippen LogP) is 2.96. The highest BCUT2D eigenvalue weighted by atomic mass is 16.5. The molecule has 8 nitrogen and oxygen atoms in total. The summed E-state index contributed by atoms with van der Waals surface area (Å²) in [5, 5.41) is 5.42. The van der Waals surface area contributed by atoms with Gasteiger partial charge in [0.2, 0.25) is 0 Å². The molecule has 4 rings (SSSR count). The number of rotatable bonds is 5. The number of carbonyl (C=O) groups excluding carboxylic acids is 1. The van der Waals surface area contributed by atoms with Crippen LogP contribution < -0.4 is 11.2 Å². The van der Waals surface area contributed by atoms with Crippen LogP contribution in [0.3, 0.4) is 0 Å². The van der Waals surface area contributed by atoms with Gasteiger partial charge < -0.3 is 14.3 Å². The molecule has 2 aromatic carbocycles. The van der Waals surface area contributed by atoms with Crippen molar-refractivity contribution in [2.24, 2.45) is 5.10 Å². The first-order chi connectivity index (χ1) is 14.9. The Labute approximate surface area is 177 Å². The van der Waals surface area contributed by atoms with Gasteiger partial charge in [0, 0.05) is 22.2 Å². The minimum absolute atomic E-state index is 0.295. The molecule has 0 unspecified atom stereocenters. The molecular weight excluding hydrogens is 396 g/mol. The molecule has 0 fully saturated rings. The summed E-state index contributed by atoms with van der Waals surface area (Å²) in [5.74, 6) is -0.336. The average Bonchev–Trinajstić information content (AvgIpc) is 3.04. The third kappa shape index (κ3) is 3.46. The van der Waals surface area contributed by atoms with Crippen molar-refractivity contribution in [3.8, 4) is 0 Å². The number of aromatic amines is 1. The van der Waals surface area contributed by atoms with E-state index in [1.165, 1.54) is 6.21 Å². The Bertz CT molecular complexity index is 1440. The largest absolute Gasteiger partial charge is 0.464 e. The number of H-pyrrole nitrogens is 1. The van der Waals surface area contributed by atoms with E-state index in [2.05, 4.69) is 10.1 Å². The molecule has 0 aliphatic heterocycles. The SMILES string of the molecule is CCOC(=O)[C@@H](C)n1c(C)c(C=Nn2c(=O)[nH]c3ccccc3c2=O)c2ccccc21. The second-order valence-corrected chi connectivity index (χ2v) is 7.15. The molecule has 0 saturated heterocycles. The molecule has 0 aliphatic rings. The first-order valence-electron chi connectivity index (χ1n) is 9.98. The first-order valence-corrected chi connectivity index (χ1v) is 9.98. The Morgan fingerprint density at radius 3 is 2.55 bits per heavy atom. The van der Waals surface area contributed by atoms with E-state index in [9.17, 15) is 14.4 Å². The molecule has 31 heavy (non-hydrogen) atoms. The number of ether oxygens (including phenoxy) is 1. The minimum atomic E-state index is -0.624. The maximum absolute atomic E-state index is 12.8. The lowest BCUT2D eigenvalue weighted by molar-refractivity contribution is -0.146. The van der Waals surface area contributed by atoms with Crippen LogP contribution in [-0.2, 0) is 9.53 Å². The van der Waals surface area contributed by atoms with Gasteiger partial charge in [0.1, 0.15) is 6.04 Å². The summed E-state index contributed by atoms with van der Waals surface area (Å²) in [5.41, 5.74) is 1.65. The first kappa shape index (κ1) is 20.3. The topological polar surface area (TPSA) is 98.4 Å². The van der Waals surface area contributed by atoms with Gasteiger partial charge in [0.05, 0.1) is 23.7 Å². The quantitative estimate of drug-likeness (QED) is 0.398. The standard InChI is InChI=1S/C23H22N4O4/c1-4-31-22(29)15(3)26-14(2)18(16-9-6-8-12-20(16)26)13-24-27-21(28)17-10-5-7-11-19(17)25-23(27)30/h5-13,15H,4H2,1-3H3,(H,25,30)/t15-/m1/s1. The molecule has 158 valence electrons. The van der Waals surface area contributed by atoms with Crippen molar-refractivity contribution in [2.75, 3.05) is 6.61 Å². The Kier molecular flexibility index (Phi) is 5.29. The zero-order chi connectivity index (χ0) is 22.1. The lowest BCUT2D eigenvalue weighted by Crippen LogP contribution is -2.32. The second kappa shape index (κ2) is 8.06. The predicted molar refractivity (Wildman–Crippen MR) is 120 cm³/mol. The Morgan fingerprint density at radius 2 is 1.81 bits per heavy atom. The third-order valence-electron chi connectivity index (χ3n) is 5.31. The summed E-state index contributed by atoms with van der Waals surface area (Å²) in [6, 6.07) is 13.8. The van der Waals surface area contributed by atoms with Crippen molar-refractivity contribution >= 4 is 34.0 Å². The molecule has 2 aromatic heterocycles. The number of nitrogens with zero attached hydrogens (tertiary/aromatic N) is 3. The fourth-order valence-corrected chi connectivity index (χ4v) is 3.82. The maximum atomic E-state index is 12.8. The third-order valence-corrected chi connectivity index (χ3v) is 5.31.